The van der Waals surface area contributed by atoms with Crippen LogP contribution in [0.25, 0.3) is 4.96 Å². The number of rotatable bonds is 7. The van der Waals surface area contributed by atoms with Gasteiger partial charge < -0.3 is 5.32 Å². The van der Waals surface area contributed by atoms with Crippen molar-refractivity contribution in [3.8, 4) is 0 Å². The number of benzene rings is 1. The normalized spacial score (nSPS) is 11.1. The van der Waals surface area contributed by atoms with Crippen LogP contribution in [0.5, 0.6) is 0 Å². The monoisotopic (exact) mass is 443 g/mol. The molecule has 3 aromatic heterocycles. The van der Waals surface area contributed by atoms with E-state index in [9.17, 15) is 9.59 Å². The number of aromatic nitrogens is 4. The van der Waals surface area contributed by atoms with Crippen LogP contribution < -0.4 is 10.9 Å². The van der Waals surface area contributed by atoms with Crippen LogP contribution in [0.3, 0.4) is 0 Å². The largest absolute Gasteiger partial charge is 0.300 e. The van der Waals surface area contributed by atoms with Gasteiger partial charge in [-0.1, -0.05) is 53.4 Å². The topological polar surface area (TPSA) is 89.3 Å². The average Bonchev–Trinajstić information content (AvgIpc) is 3.31. The van der Waals surface area contributed by atoms with Gasteiger partial charge >= 0.3 is 0 Å². The van der Waals surface area contributed by atoms with Crippen LogP contribution in [0.4, 0.5) is 5.13 Å². The highest BCUT2D eigenvalue weighted by Gasteiger charge is 2.11. The second-order valence-corrected chi connectivity index (χ2v) is 9.69. The molecule has 4 aromatic rings. The van der Waals surface area contributed by atoms with Crippen molar-refractivity contribution in [2.75, 3.05) is 5.32 Å². The van der Waals surface area contributed by atoms with Gasteiger partial charge in [0.05, 0.1) is 5.69 Å². The van der Waals surface area contributed by atoms with E-state index < -0.39 is 0 Å². The molecule has 4 rings (SSSR count). The Bertz CT molecular complexity index is 1200. The van der Waals surface area contributed by atoms with Crippen LogP contribution in [0, 0.1) is 6.92 Å². The van der Waals surface area contributed by atoms with Gasteiger partial charge in [-0.15, -0.1) is 21.5 Å². The number of anilines is 1. The minimum absolute atomic E-state index is 0.0846. The number of carbonyl (C=O) groups is 1. The first-order chi connectivity index (χ1) is 14.1. The number of hydrogen-bond donors (Lipinski definition) is 1. The molecule has 29 heavy (non-hydrogen) atoms. The van der Waals surface area contributed by atoms with E-state index in [4.69, 9.17) is 0 Å². The van der Waals surface area contributed by atoms with Crippen molar-refractivity contribution >= 4 is 50.4 Å². The lowest BCUT2D eigenvalue weighted by molar-refractivity contribution is -0.116. The van der Waals surface area contributed by atoms with Crippen molar-refractivity contribution < 1.29 is 4.79 Å². The summed E-state index contributed by atoms with van der Waals surface area (Å²) in [5.74, 6) is 0.425. The summed E-state index contributed by atoms with van der Waals surface area (Å²) < 4.78 is 2.27. The van der Waals surface area contributed by atoms with Crippen LogP contribution in [0.2, 0.25) is 0 Å². The van der Waals surface area contributed by atoms with E-state index in [0.717, 1.165) is 10.4 Å². The molecule has 0 spiro atoms. The fourth-order valence-electron chi connectivity index (χ4n) is 2.67. The summed E-state index contributed by atoms with van der Waals surface area (Å²) in [7, 11) is 0. The quantitative estimate of drug-likeness (QED) is 0.345. The van der Waals surface area contributed by atoms with Gasteiger partial charge in [0, 0.05) is 29.3 Å². The second-order valence-electron chi connectivity index (χ2n) is 6.28. The molecule has 0 saturated heterocycles. The molecule has 0 unspecified atom stereocenters. The third-order valence-electron chi connectivity index (χ3n) is 4.02. The van der Waals surface area contributed by atoms with Crippen LogP contribution in [-0.2, 0) is 17.0 Å². The van der Waals surface area contributed by atoms with E-state index in [-0.39, 0.29) is 11.5 Å². The number of thiazole rings is 1. The standard InChI is InChI=1S/C19H17N5O2S3/c1-12-10-24-16(26)9-14(20-18(24)28-12)11-27-19-23-22-17(29-19)21-15(25)8-7-13-5-3-2-4-6-13/h2-6,9-10H,7-8,11H2,1H3,(H,21,22,25). The van der Waals surface area contributed by atoms with E-state index in [1.54, 1.807) is 16.7 Å². The van der Waals surface area contributed by atoms with Crippen molar-refractivity contribution in [2.24, 2.45) is 0 Å². The Morgan fingerprint density at radius 3 is 2.86 bits per heavy atom. The third kappa shape index (κ3) is 5.08. The molecular formula is C19H17N5O2S3. The molecule has 0 aliphatic carbocycles. The number of thioether (sulfide) groups is 1. The minimum atomic E-state index is -0.0882. The summed E-state index contributed by atoms with van der Waals surface area (Å²) >= 11 is 4.24. The van der Waals surface area contributed by atoms with E-state index in [1.807, 2.05) is 37.3 Å². The van der Waals surface area contributed by atoms with Crippen LogP contribution >= 0.6 is 34.4 Å². The minimum Gasteiger partial charge on any atom is -0.300 e. The molecule has 1 aromatic carbocycles. The molecule has 0 saturated carbocycles. The van der Waals surface area contributed by atoms with Gasteiger partial charge in [-0.3, -0.25) is 14.0 Å². The van der Waals surface area contributed by atoms with E-state index >= 15 is 0 Å². The zero-order chi connectivity index (χ0) is 20.2. The Kier molecular flexibility index (Phi) is 6.02. The fraction of sp³-hybridized carbons (Fsp3) is 0.211. The van der Waals surface area contributed by atoms with Crippen molar-refractivity contribution in [3.05, 3.63) is 69.1 Å². The highest BCUT2D eigenvalue weighted by atomic mass is 32.2. The van der Waals surface area contributed by atoms with Gasteiger partial charge in [-0.25, -0.2) is 4.98 Å². The Balaban J connectivity index is 1.32. The predicted octanol–water partition coefficient (Wildman–Crippen LogP) is 3.78. The SMILES string of the molecule is Cc1cn2c(=O)cc(CSc3nnc(NC(=O)CCc4ccccc4)s3)nc2s1. The maximum absolute atomic E-state index is 12.2. The van der Waals surface area contributed by atoms with Crippen molar-refractivity contribution in [2.45, 2.75) is 29.9 Å². The summed E-state index contributed by atoms with van der Waals surface area (Å²) in [4.78, 5) is 30.5. The number of amides is 1. The van der Waals surface area contributed by atoms with Gasteiger partial charge in [0.25, 0.3) is 5.56 Å². The molecule has 3 heterocycles. The fourth-order valence-corrected chi connectivity index (χ4v) is 5.18. The molecule has 0 bridgehead atoms. The maximum Gasteiger partial charge on any atom is 0.258 e. The smallest absolute Gasteiger partial charge is 0.258 e. The second kappa shape index (κ2) is 8.85. The highest BCUT2D eigenvalue weighted by Crippen LogP contribution is 2.28. The van der Waals surface area contributed by atoms with E-state index in [2.05, 4.69) is 20.5 Å². The first-order valence-electron chi connectivity index (χ1n) is 8.85. The molecule has 1 N–H and O–H groups in total. The lowest BCUT2D eigenvalue weighted by Gasteiger charge is -2.01. The zero-order valence-corrected chi connectivity index (χ0v) is 17.9. The highest BCUT2D eigenvalue weighted by molar-refractivity contribution is 8.00. The first-order valence-corrected chi connectivity index (χ1v) is 11.5. The van der Waals surface area contributed by atoms with Gasteiger partial charge in [0.2, 0.25) is 11.0 Å². The molecule has 0 aliphatic heterocycles. The first kappa shape index (κ1) is 19.7. The summed E-state index contributed by atoms with van der Waals surface area (Å²) in [5, 5.41) is 11.4. The molecule has 0 radical (unpaired) electrons. The number of aryl methyl sites for hydroxylation is 2. The molecule has 10 heteroatoms. The summed E-state index contributed by atoms with van der Waals surface area (Å²) in [6, 6.07) is 11.4. The summed E-state index contributed by atoms with van der Waals surface area (Å²) in [6.07, 6.45) is 2.86. The maximum atomic E-state index is 12.2. The number of hydrogen-bond acceptors (Lipinski definition) is 8. The van der Waals surface area contributed by atoms with Crippen molar-refractivity contribution in [3.63, 3.8) is 0 Å². The lowest BCUT2D eigenvalue weighted by Crippen LogP contribution is -2.12. The van der Waals surface area contributed by atoms with E-state index in [0.29, 0.717) is 38.7 Å². The molecule has 0 atom stereocenters. The van der Waals surface area contributed by atoms with Crippen molar-refractivity contribution in [1.29, 1.82) is 0 Å². The Morgan fingerprint density at radius 1 is 1.21 bits per heavy atom. The Morgan fingerprint density at radius 2 is 2.03 bits per heavy atom. The number of nitrogens with one attached hydrogen (secondary N) is 1. The molecule has 0 fully saturated rings. The van der Waals surface area contributed by atoms with Crippen molar-refractivity contribution in [1.82, 2.24) is 19.6 Å². The molecule has 148 valence electrons. The Labute approximate surface area is 178 Å². The molecule has 1 amide bonds. The van der Waals surface area contributed by atoms with Gasteiger partial charge in [0.1, 0.15) is 0 Å². The van der Waals surface area contributed by atoms with Crippen LogP contribution in [0.1, 0.15) is 22.6 Å². The summed E-state index contributed by atoms with van der Waals surface area (Å²) in [5.41, 5.74) is 1.74. The third-order valence-corrected chi connectivity index (χ3v) is 6.92. The van der Waals surface area contributed by atoms with E-state index in [1.165, 1.54) is 34.4 Å². The number of fused-ring (bicyclic) bond motifs is 1. The number of carbonyl (C=O) groups excluding carboxylic acids is 1. The van der Waals surface area contributed by atoms with Gasteiger partial charge in [-0.05, 0) is 18.9 Å². The molecular weight excluding hydrogens is 426 g/mol. The summed E-state index contributed by atoms with van der Waals surface area (Å²) in [6.45, 7) is 1.95. The zero-order valence-electron chi connectivity index (χ0n) is 15.5. The predicted molar refractivity (Wildman–Crippen MR) is 117 cm³/mol. The Hall–Kier alpha value is -2.56. The van der Waals surface area contributed by atoms with Crippen LogP contribution in [0.15, 0.2) is 51.7 Å². The average molecular weight is 444 g/mol. The van der Waals surface area contributed by atoms with Gasteiger partial charge in [-0.2, -0.15) is 0 Å². The van der Waals surface area contributed by atoms with Gasteiger partial charge in [0.15, 0.2) is 9.30 Å². The number of nitrogens with zero attached hydrogens (tertiary/aromatic N) is 4. The molecule has 7 nitrogen and oxygen atoms in total. The van der Waals surface area contributed by atoms with Crippen LogP contribution in [-0.4, -0.2) is 25.5 Å². The molecule has 0 aliphatic rings. The lowest BCUT2D eigenvalue weighted by atomic mass is 10.1.